The summed E-state index contributed by atoms with van der Waals surface area (Å²) in [6, 6.07) is 11.0. The molecule has 2 aromatic rings. The molecule has 3 aliphatic rings. The molecule has 1 saturated heterocycles. The third-order valence-corrected chi connectivity index (χ3v) is 7.19. The maximum Gasteiger partial charge on any atom is 0.267 e. The van der Waals surface area contributed by atoms with Gasteiger partial charge < -0.3 is 30.3 Å². The number of hydrogen-bond donors (Lipinski definition) is 3. The van der Waals surface area contributed by atoms with Crippen molar-refractivity contribution >= 4 is 23.0 Å². The molecule has 1 amide bonds. The molecule has 0 aromatic heterocycles. The van der Waals surface area contributed by atoms with Gasteiger partial charge in [0.05, 0.1) is 35.2 Å². The van der Waals surface area contributed by atoms with E-state index in [1.807, 2.05) is 0 Å². The SMILES string of the molecule is CN1CCN(c2cc(C3CCCC3)c(O)cc2NC(=O)C2CNc3cc(C#N)ccc3O2)CC1. The predicted molar refractivity (Wildman–Crippen MR) is 132 cm³/mol. The van der Waals surface area contributed by atoms with E-state index < -0.39 is 6.10 Å². The van der Waals surface area contributed by atoms with Crippen LogP contribution in [0.5, 0.6) is 11.5 Å². The first-order valence-electron chi connectivity index (χ1n) is 12.1. The van der Waals surface area contributed by atoms with Gasteiger partial charge in [-0.25, -0.2) is 0 Å². The molecular weight excluding hydrogens is 430 g/mol. The smallest absolute Gasteiger partial charge is 0.267 e. The van der Waals surface area contributed by atoms with Gasteiger partial charge in [0.2, 0.25) is 0 Å². The summed E-state index contributed by atoms with van der Waals surface area (Å²) in [5.41, 5.74) is 3.81. The molecule has 8 nitrogen and oxygen atoms in total. The van der Waals surface area contributed by atoms with E-state index in [-0.39, 0.29) is 11.7 Å². The van der Waals surface area contributed by atoms with Crippen LogP contribution in [0.1, 0.15) is 42.7 Å². The van der Waals surface area contributed by atoms with Crippen LogP contribution in [0.15, 0.2) is 30.3 Å². The highest BCUT2D eigenvalue weighted by atomic mass is 16.5. The number of phenols is 1. The van der Waals surface area contributed by atoms with Crippen molar-refractivity contribution < 1.29 is 14.6 Å². The van der Waals surface area contributed by atoms with Crippen molar-refractivity contribution in [3.8, 4) is 17.6 Å². The Morgan fingerprint density at radius 2 is 1.94 bits per heavy atom. The third-order valence-electron chi connectivity index (χ3n) is 7.19. The van der Waals surface area contributed by atoms with E-state index in [9.17, 15) is 9.90 Å². The standard InChI is InChI=1S/C26H31N5O3/c1-30-8-10-31(11-9-30)22-13-19(18-4-2-3-5-18)23(32)14-20(22)29-26(33)25-16-28-21-12-17(15-27)6-7-24(21)34-25/h6-7,12-14,18,25,28,32H,2-5,8-11,16H2,1H3,(H,29,33). The number of phenolic OH excluding ortho intramolecular Hbond substituents is 1. The zero-order valence-corrected chi connectivity index (χ0v) is 19.5. The Bertz CT molecular complexity index is 1110. The van der Waals surface area contributed by atoms with Gasteiger partial charge in [-0.2, -0.15) is 5.26 Å². The minimum atomic E-state index is -0.725. The normalized spacial score (nSPS) is 20.7. The van der Waals surface area contributed by atoms with Crippen LogP contribution in [0.4, 0.5) is 17.1 Å². The fraction of sp³-hybridized carbons (Fsp3) is 0.462. The number of carbonyl (C=O) groups is 1. The van der Waals surface area contributed by atoms with Gasteiger partial charge in [0, 0.05) is 32.2 Å². The minimum absolute atomic E-state index is 0.247. The van der Waals surface area contributed by atoms with Crippen molar-refractivity contribution in [1.82, 2.24) is 4.90 Å². The number of nitrogens with zero attached hydrogens (tertiary/aromatic N) is 3. The highest BCUT2D eigenvalue weighted by Gasteiger charge is 2.29. The number of likely N-dealkylation sites (N-methyl/N-ethyl adjacent to an activating group) is 1. The van der Waals surface area contributed by atoms with Crippen molar-refractivity contribution in [2.24, 2.45) is 0 Å². The zero-order chi connectivity index (χ0) is 23.7. The molecule has 0 spiro atoms. The zero-order valence-electron chi connectivity index (χ0n) is 19.5. The Hall–Kier alpha value is -3.44. The lowest BCUT2D eigenvalue weighted by Crippen LogP contribution is -2.45. The van der Waals surface area contributed by atoms with Gasteiger partial charge in [-0.1, -0.05) is 12.8 Å². The van der Waals surface area contributed by atoms with Crippen molar-refractivity contribution in [1.29, 1.82) is 5.26 Å². The molecule has 1 atom stereocenters. The highest BCUT2D eigenvalue weighted by Crippen LogP contribution is 2.43. The second-order valence-corrected chi connectivity index (χ2v) is 9.50. The van der Waals surface area contributed by atoms with Gasteiger partial charge in [0.15, 0.2) is 6.10 Å². The molecule has 5 rings (SSSR count). The molecule has 2 aromatic carbocycles. The summed E-state index contributed by atoms with van der Waals surface area (Å²) in [6.07, 6.45) is 3.84. The molecule has 2 heterocycles. The number of nitrogens with one attached hydrogen (secondary N) is 2. The Morgan fingerprint density at radius 3 is 2.68 bits per heavy atom. The molecule has 1 aliphatic carbocycles. The summed E-state index contributed by atoms with van der Waals surface area (Å²) in [7, 11) is 2.12. The molecule has 3 N–H and O–H groups in total. The summed E-state index contributed by atoms with van der Waals surface area (Å²) in [4.78, 5) is 17.8. The number of rotatable bonds is 4. The van der Waals surface area contributed by atoms with E-state index in [2.05, 4.69) is 39.6 Å². The summed E-state index contributed by atoms with van der Waals surface area (Å²) in [5, 5.41) is 26.2. The molecule has 1 saturated carbocycles. The monoisotopic (exact) mass is 461 g/mol. The van der Waals surface area contributed by atoms with Crippen LogP contribution in [0.3, 0.4) is 0 Å². The van der Waals surface area contributed by atoms with Crippen LogP contribution in [-0.2, 0) is 4.79 Å². The first-order valence-corrected chi connectivity index (χ1v) is 12.1. The molecular formula is C26H31N5O3. The molecule has 2 aliphatic heterocycles. The van der Waals surface area contributed by atoms with E-state index in [0.29, 0.717) is 35.2 Å². The number of piperazine rings is 1. The van der Waals surface area contributed by atoms with Crippen LogP contribution in [0.25, 0.3) is 0 Å². The maximum atomic E-state index is 13.2. The van der Waals surface area contributed by atoms with Crippen LogP contribution in [0, 0.1) is 11.3 Å². The lowest BCUT2D eigenvalue weighted by Gasteiger charge is -2.36. The quantitative estimate of drug-likeness (QED) is 0.641. The van der Waals surface area contributed by atoms with Crippen molar-refractivity contribution in [3.63, 3.8) is 0 Å². The molecule has 2 fully saturated rings. The van der Waals surface area contributed by atoms with Crippen LogP contribution >= 0.6 is 0 Å². The van der Waals surface area contributed by atoms with Gasteiger partial charge in [-0.3, -0.25) is 4.79 Å². The first kappa shape index (κ1) is 22.4. The largest absolute Gasteiger partial charge is 0.508 e. The Balaban J connectivity index is 1.39. The second kappa shape index (κ2) is 9.43. The molecule has 178 valence electrons. The number of ether oxygens (including phenoxy) is 1. The molecule has 0 radical (unpaired) electrons. The highest BCUT2D eigenvalue weighted by molar-refractivity contribution is 5.98. The van der Waals surface area contributed by atoms with E-state index in [1.165, 1.54) is 12.8 Å². The number of fused-ring (bicyclic) bond motifs is 1. The third kappa shape index (κ3) is 4.48. The minimum Gasteiger partial charge on any atom is -0.508 e. The average molecular weight is 462 g/mol. The van der Waals surface area contributed by atoms with Crippen molar-refractivity contribution in [3.05, 3.63) is 41.5 Å². The van der Waals surface area contributed by atoms with E-state index in [4.69, 9.17) is 10.00 Å². The van der Waals surface area contributed by atoms with Gasteiger partial charge in [0.25, 0.3) is 5.91 Å². The van der Waals surface area contributed by atoms with E-state index >= 15 is 0 Å². The Morgan fingerprint density at radius 1 is 1.18 bits per heavy atom. The molecule has 0 bridgehead atoms. The summed E-state index contributed by atoms with van der Waals surface area (Å²) in [5.74, 6) is 0.892. The average Bonchev–Trinajstić information content (AvgIpc) is 3.39. The molecule has 8 heteroatoms. The fourth-order valence-electron chi connectivity index (χ4n) is 5.16. The fourth-order valence-corrected chi connectivity index (χ4v) is 5.16. The first-order chi connectivity index (χ1) is 16.5. The Labute approximate surface area is 200 Å². The number of aromatic hydroxyl groups is 1. The van der Waals surface area contributed by atoms with Gasteiger partial charge >= 0.3 is 0 Å². The molecule has 34 heavy (non-hydrogen) atoms. The summed E-state index contributed by atoms with van der Waals surface area (Å²) < 4.78 is 5.93. The van der Waals surface area contributed by atoms with Gasteiger partial charge in [-0.05, 0) is 55.6 Å². The summed E-state index contributed by atoms with van der Waals surface area (Å²) >= 11 is 0. The number of benzene rings is 2. The number of nitriles is 1. The van der Waals surface area contributed by atoms with Crippen LogP contribution in [-0.4, -0.2) is 61.8 Å². The number of anilines is 3. The Kier molecular flexibility index (Phi) is 6.20. The lowest BCUT2D eigenvalue weighted by atomic mass is 9.95. The van der Waals surface area contributed by atoms with Gasteiger partial charge in [0.1, 0.15) is 11.5 Å². The maximum absolute atomic E-state index is 13.2. The van der Waals surface area contributed by atoms with Gasteiger partial charge in [-0.15, -0.1) is 0 Å². The number of hydrogen-bond acceptors (Lipinski definition) is 7. The predicted octanol–water partition coefficient (Wildman–Crippen LogP) is 3.48. The summed E-state index contributed by atoms with van der Waals surface area (Å²) in [6.45, 7) is 3.92. The van der Waals surface area contributed by atoms with Crippen LogP contribution in [0.2, 0.25) is 0 Å². The number of carbonyl (C=O) groups excluding carboxylic acids is 1. The van der Waals surface area contributed by atoms with Crippen molar-refractivity contribution in [2.45, 2.75) is 37.7 Å². The van der Waals surface area contributed by atoms with Crippen molar-refractivity contribution in [2.75, 3.05) is 55.3 Å². The molecule has 1 unspecified atom stereocenters. The topological polar surface area (TPSA) is 101 Å². The second-order valence-electron chi connectivity index (χ2n) is 9.50. The van der Waals surface area contributed by atoms with E-state index in [1.54, 1.807) is 24.3 Å². The van der Waals surface area contributed by atoms with Crippen LogP contribution < -0.4 is 20.3 Å². The number of amides is 1. The van der Waals surface area contributed by atoms with E-state index in [0.717, 1.165) is 50.3 Å². The lowest BCUT2D eigenvalue weighted by molar-refractivity contribution is -0.122.